The van der Waals surface area contributed by atoms with Crippen molar-refractivity contribution in [1.29, 1.82) is 0 Å². The largest absolute Gasteiger partial charge is 0.337 e. The number of nitrogens with one attached hydrogen (secondary N) is 2. The highest BCUT2D eigenvalue weighted by molar-refractivity contribution is 7.90. The summed E-state index contributed by atoms with van der Waals surface area (Å²) in [5.74, 6) is -1.68. The van der Waals surface area contributed by atoms with Crippen molar-refractivity contribution in [2.75, 3.05) is 11.9 Å². The van der Waals surface area contributed by atoms with E-state index >= 15 is 0 Å². The van der Waals surface area contributed by atoms with E-state index in [1.54, 1.807) is 17.0 Å². The fourth-order valence-corrected chi connectivity index (χ4v) is 4.33. The zero-order chi connectivity index (χ0) is 21.9. The van der Waals surface area contributed by atoms with Crippen LogP contribution in [0, 0.1) is 5.92 Å². The molecule has 0 bridgehead atoms. The maximum absolute atomic E-state index is 12.6. The molecule has 8 nitrogen and oxygen atoms in total. The average molecular weight is 450 g/mol. The number of benzene rings is 2. The summed E-state index contributed by atoms with van der Waals surface area (Å²) >= 11 is 6.15. The Labute approximate surface area is 179 Å². The second-order valence-corrected chi connectivity index (χ2v) is 9.03. The van der Waals surface area contributed by atoms with Crippen molar-refractivity contribution >= 4 is 45.0 Å². The first kappa shape index (κ1) is 21.8. The van der Waals surface area contributed by atoms with Gasteiger partial charge < -0.3 is 10.2 Å². The molecule has 158 valence electrons. The predicted octanol–water partition coefficient (Wildman–Crippen LogP) is 2.15. The second-order valence-electron chi connectivity index (χ2n) is 6.94. The first-order valence-electron chi connectivity index (χ1n) is 9.11. The molecule has 0 spiro atoms. The van der Waals surface area contributed by atoms with Crippen molar-refractivity contribution in [1.82, 2.24) is 9.62 Å². The van der Waals surface area contributed by atoms with Gasteiger partial charge in [0.25, 0.3) is 10.0 Å². The minimum atomic E-state index is -3.94. The normalized spacial score (nSPS) is 16.4. The molecule has 1 saturated heterocycles. The Kier molecular flexibility index (Phi) is 6.42. The van der Waals surface area contributed by atoms with Gasteiger partial charge in [-0.05, 0) is 35.9 Å². The van der Waals surface area contributed by atoms with Crippen LogP contribution < -0.4 is 10.0 Å². The summed E-state index contributed by atoms with van der Waals surface area (Å²) < 4.78 is 25.8. The number of carbonyl (C=O) groups is 3. The summed E-state index contributed by atoms with van der Waals surface area (Å²) in [5, 5.41) is 3.26. The van der Waals surface area contributed by atoms with E-state index in [4.69, 9.17) is 11.6 Å². The molecule has 30 heavy (non-hydrogen) atoms. The third-order valence-electron chi connectivity index (χ3n) is 4.61. The molecule has 3 rings (SSSR count). The van der Waals surface area contributed by atoms with E-state index in [1.807, 2.05) is 16.9 Å². The van der Waals surface area contributed by atoms with Crippen LogP contribution in [-0.2, 0) is 31.0 Å². The molecule has 2 aromatic carbocycles. The van der Waals surface area contributed by atoms with E-state index in [-0.39, 0.29) is 29.7 Å². The number of nitrogens with zero attached hydrogens (tertiary/aromatic N) is 1. The Morgan fingerprint density at radius 2 is 1.80 bits per heavy atom. The van der Waals surface area contributed by atoms with Gasteiger partial charge in [0.15, 0.2) is 0 Å². The molecular weight excluding hydrogens is 430 g/mol. The molecule has 2 aromatic rings. The topological polar surface area (TPSA) is 113 Å². The third-order valence-corrected chi connectivity index (χ3v) is 6.43. The highest BCUT2D eigenvalue weighted by Crippen LogP contribution is 2.25. The van der Waals surface area contributed by atoms with E-state index in [0.29, 0.717) is 17.3 Å². The van der Waals surface area contributed by atoms with E-state index in [2.05, 4.69) is 5.32 Å². The Hall–Kier alpha value is -2.91. The van der Waals surface area contributed by atoms with Crippen LogP contribution in [0.2, 0.25) is 5.02 Å². The molecule has 3 amide bonds. The number of carbonyl (C=O) groups excluding carboxylic acids is 3. The van der Waals surface area contributed by atoms with Gasteiger partial charge in [-0.3, -0.25) is 14.4 Å². The summed E-state index contributed by atoms with van der Waals surface area (Å²) in [7, 11) is -3.94. The highest BCUT2D eigenvalue weighted by Gasteiger charge is 2.34. The Morgan fingerprint density at radius 1 is 1.13 bits per heavy atom. The summed E-state index contributed by atoms with van der Waals surface area (Å²) in [6.45, 7) is 1.70. The molecule has 0 radical (unpaired) electrons. The summed E-state index contributed by atoms with van der Waals surface area (Å²) in [6, 6.07) is 12.6. The van der Waals surface area contributed by atoms with Crippen LogP contribution in [0.5, 0.6) is 0 Å². The fraction of sp³-hybridized carbons (Fsp3) is 0.250. The second kappa shape index (κ2) is 8.85. The van der Waals surface area contributed by atoms with Crippen molar-refractivity contribution < 1.29 is 22.8 Å². The van der Waals surface area contributed by atoms with Crippen molar-refractivity contribution in [2.45, 2.75) is 24.8 Å². The maximum atomic E-state index is 12.6. The number of anilines is 1. The minimum absolute atomic E-state index is 0.0886. The maximum Gasteiger partial charge on any atom is 0.264 e. The fourth-order valence-electron chi connectivity index (χ4n) is 3.14. The lowest BCUT2D eigenvalue weighted by atomic mass is 10.1. The Bertz CT molecular complexity index is 1090. The van der Waals surface area contributed by atoms with Crippen LogP contribution in [0.3, 0.4) is 0 Å². The van der Waals surface area contributed by atoms with Crippen molar-refractivity contribution in [3.05, 3.63) is 59.1 Å². The molecule has 1 aliphatic rings. The molecule has 0 aromatic heterocycles. The van der Waals surface area contributed by atoms with Gasteiger partial charge in [0.1, 0.15) is 0 Å². The number of amides is 3. The SMILES string of the molecule is CC(=O)NS(=O)(=O)c1ccc(NC(=O)[C@@H]2CC(=O)N(Cc3ccccc3Cl)C2)cc1. The van der Waals surface area contributed by atoms with Crippen LogP contribution in [0.15, 0.2) is 53.4 Å². The molecule has 1 heterocycles. The summed E-state index contributed by atoms with van der Waals surface area (Å²) in [4.78, 5) is 37.3. The number of rotatable bonds is 6. The standard InChI is InChI=1S/C20H20ClN3O5S/c1-13(25)23-30(28,29)17-8-6-16(7-9-17)22-20(27)15-10-19(26)24(12-15)11-14-4-2-3-5-18(14)21/h2-9,15H,10-12H2,1H3,(H,22,27)(H,23,25)/t15-/m1/s1. The molecule has 0 unspecified atom stereocenters. The lowest BCUT2D eigenvalue weighted by Gasteiger charge is -2.17. The molecule has 0 saturated carbocycles. The minimum Gasteiger partial charge on any atom is -0.337 e. The van der Waals surface area contributed by atoms with Crippen molar-refractivity contribution in [3.63, 3.8) is 0 Å². The quantitative estimate of drug-likeness (QED) is 0.701. The van der Waals surface area contributed by atoms with Crippen LogP contribution in [0.4, 0.5) is 5.69 Å². The third kappa shape index (κ3) is 5.17. The van der Waals surface area contributed by atoms with Gasteiger partial charge in [0, 0.05) is 37.1 Å². The van der Waals surface area contributed by atoms with Crippen molar-refractivity contribution in [2.24, 2.45) is 5.92 Å². The molecule has 0 aliphatic carbocycles. The van der Waals surface area contributed by atoms with Crippen LogP contribution in [-0.4, -0.2) is 37.6 Å². The predicted molar refractivity (Wildman–Crippen MR) is 111 cm³/mol. The average Bonchev–Trinajstić information content (AvgIpc) is 3.04. The highest BCUT2D eigenvalue weighted by atomic mass is 35.5. The lowest BCUT2D eigenvalue weighted by Crippen LogP contribution is -2.28. The Morgan fingerprint density at radius 3 is 2.43 bits per heavy atom. The van der Waals surface area contributed by atoms with Crippen LogP contribution in [0.1, 0.15) is 18.9 Å². The van der Waals surface area contributed by atoms with Gasteiger partial charge >= 0.3 is 0 Å². The van der Waals surface area contributed by atoms with E-state index in [1.165, 1.54) is 24.3 Å². The zero-order valence-electron chi connectivity index (χ0n) is 16.1. The summed E-state index contributed by atoms with van der Waals surface area (Å²) in [5.41, 5.74) is 1.20. The number of sulfonamides is 1. The number of hydrogen-bond donors (Lipinski definition) is 2. The van der Waals surface area contributed by atoms with Gasteiger partial charge in [-0.15, -0.1) is 0 Å². The first-order valence-corrected chi connectivity index (χ1v) is 11.0. The van der Waals surface area contributed by atoms with Crippen LogP contribution in [0.25, 0.3) is 0 Å². The number of likely N-dealkylation sites (tertiary alicyclic amines) is 1. The van der Waals surface area contributed by atoms with E-state index in [9.17, 15) is 22.8 Å². The van der Waals surface area contributed by atoms with E-state index < -0.39 is 21.8 Å². The van der Waals surface area contributed by atoms with E-state index in [0.717, 1.165) is 12.5 Å². The van der Waals surface area contributed by atoms with Gasteiger partial charge in [-0.1, -0.05) is 29.8 Å². The summed E-state index contributed by atoms with van der Waals surface area (Å²) in [6.07, 6.45) is 0.0886. The number of halogens is 1. The van der Waals surface area contributed by atoms with Crippen molar-refractivity contribution in [3.8, 4) is 0 Å². The first-order chi connectivity index (χ1) is 14.2. The molecule has 1 fully saturated rings. The monoisotopic (exact) mass is 449 g/mol. The van der Waals surface area contributed by atoms with Gasteiger partial charge in [0.05, 0.1) is 10.8 Å². The van der Waals surface area contributed by atoms with Gasteiger partial charge in [-0.25, -0.2) is 13.1 Å². The molecule has 1 aliphatic heterocycles. The molecule has 10 heteroatoms. The number of hydrogen-bond acceptors (Lipinski definition) is 5. The van der Waals surface area contributed by atoms with Gasteiger partial charge in [-0.2, -0.15) is 0 Å². The Balaban J connectivity index is 1.62. The lowest BCUT2D eigenvalue weighted by molar-refractivity contribution is -0.128. The molecule has 2 N–H and O–H groups in total. The smallest absolute Gasteiger partial charge is 0.264 e. The molecular formula is C20H20ClN3O5S. The van der Waals surface area contributed by atoms with Crippen LogP contribution >= 0.6 is 11.6 Å². The molecule has 1 atom stereocenters. The zero-order valence-corrected chi connectivity index (χ0v) is 17.7. The van der Waals surface area contributed by atoms with Gasteiger partial charge in [0.2, 0.25) is 17.7 Å².